The van der Waals surface area contributed by atoms with Crippen molar-refractivity contribution in [3.8, 4) is 0 Å². The number of Topliss-reactive ketones (excluding diaryl/α,β-unsaturated/α-hetero) is 1. The number of ether oxygens (including phenoxy) is 1. The van der Waals surface area contributed by atoms with Gasteiger partial charge in [0, 0.05) is 0 Å². The summed E-state index contributed by atoms with van der Waals surface area (Å²) >= 11 is 0. The number of nitrogens with one attached hydrogen (secondary N) is 4. The maximum atomic E-state index is 13.6. The van der Waals surface area contributed by atoms with Crippen molar-refractivity contribution in [3.05, 3.63) is 25.4 Å². The molecule has 10 nitrogen and oxygen atoms in total. The lowest BCUT2D eigenvalue weighted by Crippen LogP contribution is -2.58. The van der Waals surface area contributed by atoms with Gasteiger partial charge in [-0.25, -0.2) is 4.79 Å². The van der Waals surface area contributed by atoms with Crippen LogP contribution >= 0.6 is 0 Å². The second-order valence-corrected chi connectivity index (χ2v) is 11.5. The molecular weight excluding hydrogens is 500 g/mol. The van der Waals surface area contributed by atoms with Crippen molar-refractivity contribution in [1.82, 2.24) is 21.3 Å². The van der Waals surface area contributed by atoms with Gasteiger partial charge in [-0.05, 0) is 77.3 Å². The zero-order valence-electron chi connectivity index (χ0n) is 24.3. The van der Waals surface area contributed by atoms with Gasteiger partial charge in [0.2, 0.25) is 17.6 Å². The molecule has 4 N–H and O–H groups in total. The largest absolute Gasteiger partial charge is 0.444 e. The summed E-state index contributed by atoms with van der Waals surface area (Å²) in [4.78, 5) is 64.4. The highest BCUT2D eigenvalue weighted by molar-refractivity contribution is 6.38. The lowest BCUT2D eigenvalue weighted by molar-refractivity contribution is -0.140. The van der Waals surface area contributed by atoms with Gasteiger partial charge in [0.25, 0.3) is 5.91 Å². The standard InChI is InChI=1S/C29H48N4O6/c1-8-10-16-21(24(34)27(37)30-9-2)31-25(35)22(18-17-19(3)4)32-26(36)23(20-14-12-11-13-15-20)33-28(38)39-29(5,6)7/h8-9,19-23H,1-2,10-18H2,3-7H3,(H,30,37)(H,31,35)(H,32,36)(H,33,38). The van der Waals surface area contributed by atoms with E-state index in [2.05, 4.69) is 34.4 Å². The summed E-state index contributed by atoms with van der Waals surface area (Å²) in [6.45, 7) is 16.3. The Morgan fingerprint density at radius 3 is 2.03 bits per heavy atom. The second-order valence-electron chi connectivity index (χ2n) is 11.5. The van der Waals surface area contributed by atoms with E-state index in [0.717, 1.165) is 38.3 Å². The molecular formula is C29H48N4O6. The second kappa shape index (κ2) is 16.7. The first-order chi connectivity index (χ1) is 18.3. The van der Waals surface area contributed by atoms with Crippen LogP contribution in [0.4, 0.5) is 4.79 Å². The molecule has 3 unspecified atom stereocenters. The van der Waals surface area contributed by atoms with Crippen LogP contribution in [0.25, 0.3) is 0 Å². The predicted octanol–water partition coefficient (Wildman–Crippen LogP) is 3.66. The average Bonchev–Trinajstić information content (AvgIpc) is 2.86. The zero-order valence-corrected chi connectivity index (χ0v) is 24.3. The average molecular weight is 549 g/mol. The molecule has 0 bridgehead atoms. The summed E-state index contributed by atoms with van der Waals surface area (Å²) in [5, 5.41) is 10.4. The monoisotopic (exact) mass is 548 g/mol. The van der Waals surface area contributed by atoms with Crippen molar-refractivity contribution in [1.29, 1.82) is 0 Å². The lowest BCUT2D eigenvalue weighted by atomic mass is 9.83. The molecule has 1 aliphatic rings. The first-order valence-corrected chi connectivity index (χ1v) is 14.0. The minimum Gasteiger partial charge on any atom is -0.444 e. The third-order valence-electron chi connectivity index (χ3n) is 6.49. The van der Waals surface area contributed by atoms with E-state index in [1.807, 2.05) is 13.8 Å². The number of carbonyl (C=O) groups is 5. The number of carbonyl (C=O) groups excluding carboxylic acids is 5. The molecule has 220 valence electrons. The molecule has 10 heteroatoms. The Labute approximate surface area is 233 Å². The van der Waals surface area contributed by atoms with Crippen molar-refractivity contribution in [2.45, 2.75) is 116 Å². The maximum absolute atomic E-state index is 13.6. The topological polar surface area (TPSA) is 143 Å². The van der Waals surface area contributed by atoms with Gasteiger partial charge in [-0.2, -0.15) is 0 Å². The lowest BCUT2D eigenvalue weighted by Gasteiger charge is -2.32. The number of hydrogen-bond acceptors (Lipinski definition) is 6. The van der Waals surface area contributed by atoms with Crippen LogP contribution in [0.2, 0.25) is 0 Å². The molecule has 0 radical (unpaired) electrons. The molecule has 39 heavy (non-hydrogen) atoms. The highest BCUT2D eigenvalue weighted by Crippen LogP contribution is 2.27. The minimum atomic E-state index is -1.09. The Morgan fingerprint density at radius 1 is 0.872 bits per heavy atom. The summed E-state index contributed by atoms with van der Waals surface area (Å²) < 4.78 is 5.40. The molecule has 1 saturated carbocycles. The van der Waals surface area contributed by atoms with E-state index in [1.165, 1.54) is 0 Å². The van der Waals surface area contributed by atoms with E-state index in [0.29, 0.717) is 19.3 Å². The molecule has 0 aromatic rings. The first-order valence-electron chi connectivity index (χ1n) is 14.0. The fraction of sp³-hybridized carbons (Fsp3) is 0.690. The van der Waals surface area contributed by atoms with Crippen LogP contribution in [0, 0.1) is 11.8 Å². The van der Waals surface area contributed by atoms with Crippen molar-refractivity contribution >= 4 is 29.6 Å². The van der Waals surface area contributed by atoms with E-state index < -0.39 is 53.3 Å². The zero-order chi connectivity index (χ0) is 29.6. The Morgan fingerprint density at radius 2 is 1.49 bits per heavy atom. The van der Waals surface area contributed by atoms with Crippen LogP contribution in [-0.4, -0.2) is 53.3 Å². The van der Waals surface area contributed by atoms with Crippen LogP contribution in [0.15, 0.2) is 25.4 Å². The van der Waals surface area contributed by atoms with Crippen molar-refractivity contribution in [2.75, 3.05) is 0 Å². The molecule has 1 fully saturated rings. The number of allylic oxidation sites excluding steroid dienone is 1. The number of amides is 4. The van der Waals surface area contributed by atoms with Crippen molar-refractivity contribution < 1.29 is 28.7 Å². The summed E-state index contributed by atoms with van der Waals surface area (Å²) in [7, 11) is 0. The molecule has 0 aliphatic heterocycles. The highest BCUT2D eigenvalue weighted by Gasteiger charge is 2.35. The normalized spacial score (nSPS) is 16.3. The number of hydrogen-bond donors (Lipinski definition) is 4. The molecule has 1 aliphatic carbocycles. The molecule has 0 spiro atoms. The maximum Gasteiger partial charge on any atom is 0.408 e. The van der Waals surface area contributed by atoms with Crippen molar-refractivity contribution in [3.63, 3.8) is 0 Å². The number of rotatable bonds is 15. The van der Waals surface area contributed by atoms with Gasteiger partial charge < -0.3 is 26.0 Å². The van der Waals surface area contributed by atoms with Gasteiger partial charge in [0.05, 0.1) is 6.04 Å². The van der Waals surface area contributed by atoms with E-state index >= 15 is 0 Å². The van der Waals surface area contributed by atoms with Gasteiger partial charge in [-0.3, -0.25) is 19.2 Å². The van der Waals surface area contributed by atoms with E-state index in [4.69, 9.17) is 4.74 Å². The molecule has 3 atom stereocenters. The molecule has 1 rings (SSSR count). The van der Waals surface area contributed by atoms with E-state index in [-0.39, 0.29) is 18.3 Å². The van der Waals surface area contributed by atoms with Crippen molar-refractivity contribution in [2.24, 2.45) is 11.8 Å². The van der Waals surface area contributed by atoms with Crippen LogP contribution in [-0.2, 0) is 23.9 Å². The summed E-state index contributed by atoms with van der Waals surface area (Å²) in [6.07, 6.45) is 8.02. The third kappa shape index (κ3) is 13.0. The minimum absolute atomic E-state index is 0.0930. The smallest absolute Gasteiger partial charge is 0.408 e. The van der Waals surface area contributed by atoms with Crippen LogP contribution in [0.5, 0.6) is 0 Å². The molecule has 0 aromatic carbocycles. The molecule has 0 saturated heterocycles. The van der Waals surface area contributed by atoms with E-state index in [1.54, 1.807) is 26.8 Å². The SMILES string of the molecule is C=CCCC(NC(=O)C(CCC(C)C)NC(=O)C(NC(=O)OC(C)(C)C)C1CCCCC1)C(=O)C(=O)NC=C. The van der Waals surface area contributed by atoms with Gasteiger partial charge in [-0.15, -0.1) is 6.58 Å². The molecule has 0 aromatic heterocycles. The van der Waals surface area contributed by atoms with Gasteiger partial charge in [0.1, 0.15) is 17.7 Å². The van der Waals surface area contributed by atoms with Crippen LogP contribution in [0.1, 0.15) is 92.4 Å². The fourth-order valence-corrected chi connectivity index (χ4v) is 4.48. The fourth-order valence-electron chi connectivity index (χ4n) is 4.48. The third-order valence-corrected chi connectivity index (χ3v) is 6.49. The summed E-state index contributed by atoms with van der Waals surface area (Å²) in [5.41, 5.74) is -0.734. The Kier molecular flexibility index (Phi) is 14.5. The van der Waals surface area contributed by atoms with Gasteiger partial charge >= 0.3 is 6.09 Å². The highest BCUT2D eigenvalue weighted by atomic mass is 16.6. The van der Waals surface area contributed by atoms with E-state index in [9.17, 15) is 24.0 Å². The van der Waals surface area contributed by atoms with Gasteiger partial charge in [0.15, 0.2) is 0 Å². The number of alkyl carbamates (subject to hydrolysis) is 1. The van der Waals surface area contributed by atoms with Gasteiger partial charge in [-0.1, -0.05) is 45.8 Å². The Balaban J connectivity index is 3.15. The molecule has 4 amide bonds. The summed E-state index contributed by atoms with van der Waals surface area (Å²) in [6, 6.07) is -2.93. The Hall–Kier alpha value is -3.17. The van der Waals surface area contributed by atoms with Crippen LogP contribution < -0.4 is 21.3 Å². The molecule has 0 heterocycles. The first kappa shape index (κ1) is 33.9. The summed E-state index contributed by atoms with van der Waals surface area (Å²) in [5.74, 6) is -2.59. The number of ketones is 1. The Bertz CT molecular complexity index is 873. The van der Waals surface area contributed by atoms with Crippen LogP contribution in [0.3, 0.4) is 0 Å². The predicted molar refractivity (Wildman–Crippen MR) is 150 cm³/mol. The quantitative estimate of drug-likeness (QED) is 0.182.